The molecule has 5 rings (SSSR count). The van der Waals surface area contributed by atoms with Crippen molar-refractivity contribution >= 4 is 29.4 Å². The third kappa shape index (κ3) is 4.31. The van der Waals surface area contributed by atoms with Crippen LogP contribution in [-0.2, 0) is 0 Å². The molecule has 0 atom stereocenters. The highest BCUT2D eigenvalue weighted by Crippen LogP contribution is 2.19. The van der Waals surface area contributed by atoms with E-state index >= 15 is 0 Å². The number of piperazine rings is 1. The summed E-state index contributed by atoms with van der Waals surface area (Å²) in [6.07, 6.45) is 8.41. The summed E-state index contributed by atoms with van der Waals surface area (Å²) in [6.45, 7) is 4.56. The van der Waals surface area contributed by atoms with E-state index in [1.54, 1.807) is 41.9 Å². The van der Waals surface area contributed by atoms with Crippen LogP contribution in [0.25, 0.3) is 5.82 Å². The van der Waals surface area contributed by atoms with Crippen LogP contribution in [0.4, 0.5) is 11.8 Å². The lowest BCUT2D eigenvalue weighted by atomic mass is 10.3. The molecule has 0 N–H and O–H groups in total. The number of carbonyl (C=O) groups is 1. The molecule has 3 aromatic rings. The summed E-state index contributed by atoms with van der Waals surface area (Å²) in [7, 11) is 0. The molecule has 0 saturated carbocycles. The lowest BCUT2D eigenvalue weighted by molar-refractivity contribution is 0.0741. The van der Waals surface area contributed by atoms with Crippen molar-refractivity contribution in [3.63, 3.8) is 0 Å². The standard InChI is InChI=1S/C20H23N9OS/c30-19(27-4-6-28(7-5-27)20-21-2-1-3-22-20)16-13-29(15-25-16)18-12-17(23-14-24-18)26-8-10-31-11-9-26/h1-3,12-15H,4-11H2. The largest absolute Gasteiger partial charge is 0.355 e. The highest BCUT2D eigenvalue weighted by molar-refractivity contribution is 7.99. The summed E-state index contributed by atoms with van der Waals surface area (Å²) in [5, 5.41) is 0. The van der Waals surface area contributed by atoms with Gasteiger partial charge in [0.25, 0.3) is 5.91 Å². The van der Waals surface area contributed by atoms with E-state index in [9.17, 15) is 4.79 Å². The molecule has 2 saturated heterocycles. The zero-order valence-electron chi connectivity index (χ0n) is 17.0. The number of anilines is 2. The molecule has 0 spiro atoms. The summed E-state index contributed by atoms with van der Waals surface area (Å²) < 4.78 is 1.78. The average Bonchev–Trinajstić information content (AvgIpc) is 3.35. The summed E-state index contributed by atoms with van der Waals surface area (Å²) >= 11 is 1.96. The summed E-state index contributed by atoms with van der Waals surface area (Å²) in [5.41, 5.74) is 0.416. The first-order valence-corrected chi connectivity index (χ1v) is 11.4. The number of thioether (sulfide) groups is 1. The predicted octanol–water partition coefficient (Wildman–Crippen LogP) is 0.968. The zero-order chi connectivity index (χ0) is 21.0. The van der Waals surface area contributed by atoms with Crippen LogP contribution in [0.1, 0.15) is 10.5 Å². The minimum atomic E-state index is -0.0743. The van der Waals surface area contributed by atoms with Crippen LogP contribution in [0.3, 0.4) is 0 Å². The third-order valence-corrected chi connectivity index (χ3v) is 6.38. The van der Waals surface area contributed by atoms with E-state index in [1.165, 1.54) is 0 Å². The second kappa shape index (κ2) is 8.88. The first kappa shape index (κ1) is 19.7. The fourth-order valence-electron chi connectivity index (χ4n) is 3.73. The predicted molar refractivity (Wildman–Crippen MR) is 119 cm³/mol. The number of imidazole rings is 1. The van der Waals surface area contributed by atoms with Crippen molar-refractivity contribution in [2.45, 2.75) is 0 Å². The average molecular weight is 438 g/mol. The first-order valence-electron chi connectivity index (χ1n) is 10.3. The fraction of sp³-hybridized carbons (Fsp3) is 0.400. The lowest BCUT2D eigenvalue weighted by Gasteiger charge is -2.34. The Morgan fingerprint density at radius 2 is 1.58 bits per heavy atom. The molecule has 3 aromatic heterocycles. The van der Waals surface area contributed by atoms with E-state index in [4.69, 9.17) is 0 Å². The quantitative estimate of drug-likeness (QED) is 0.591. The van der Waals surface area contributed by atoms with Crippen molar-refractivity contribution in [3.8, 4) is 5.82 Å². The molecule has 2 fully saturated rings. The Bertz CT molecular complexity index is 1030. The molecule has 31 heavy (non-hydrogen) atoms. The summed E-state index contributed by atoms with van der Waals surface area (Å²) in [4.78, 5) is 40.8. The molecule has 160 valence electrons. The van der Waals surface area contributed by atoms with Crippen LogP contribution >= 0.6 is 11.8 Å². The van der Waals surface area contributed by atoms with Crippen molar-refractivity contribution < 1.29 is 4.79 Å². The van der Waals surface area contributed by atoms with Gasteiger partial charge in [0.1, 0.15) is 30.0 Å². The Kier molecular flexibility index (Phi) is 5.65. The van der Waals surface area contributed by atoms with Crippen LogP contribution in [0.2, 0.25) is 0 Å². The Morgan fingerprint density at radius 1 is 0.839 bits per heavy atom. The Labute approximate surface area is 184 Å². The second-order valence-electron chi connectivity index (χ2n) is 7.33. The van der Waals surface area contributed by atoms with Gasteiger partial charge in [-0.2, -0.15) is 11.8 Å². The van der Waals surface area contributed by atoms with Crippen molar-refractivity contribution in [3.05, 3.63) is 49.1 Å². The van der Waals surface area contributed by atoms with Gasteiger partial charge in [0.2, 0.25) is 5.95 Å². The SMILES string of the molecule is O=C(c1cn(-c2cc(N3CCSCC3)ncn2)cn1)N1CCN(c2ncccn2)CC1. The van der Waals surface area contributed by atoms with Gasteiger partial charge in [-0.15, -0.1) is 0 Å². The number of nitrogens with zero attached hydrogens (tertiary/aromatic N) is 9. The van der Waals surface area contributed by atoms with Crippen molar-refractivity contribution in [2.24, 2.45) is 0 Å². The molecule has 5 heterocycles. The summed E-state index contributed by atoms with van der Waals surface area (Å²) in [5.74, 6) is 4.45. The molecular formula is C20H23N9OS. The Morgan fingerprint density at radius 3 is 2.35 bits per heavy atom. The molecule has 0 unspecified atom stereocenters. The topological polar surface area (TPSA) is 96.2 Å². The van der Waals surface area contributed by atoms with Gasteiger partial charge >= 0.3 is 0 Å². The second-order valence-corrected chi connectivity index (χ2v) is 8.55. The minimum absolute atomic E-state index is 0.0743. The van der Waals surface area contributed by atoms with Crippen LogP contribution in [-0.4, -0.2) is 91.1 Å². The molecule has 0 aliphatic carbocycles. The van der Waals surface area contributed by atoms with Crippen molar-refractivity contribution in [1.82, 2.24) is 34.4 Å². The van der Waals surface area contributed by atoms with Crippen molar-refractivity contribution in [2.75, 3.05) is 60.6 Å². The van der Waals surface area contributed by atoms with E-state index in [0.717, 1.165) is 30.4 Å². The van der Waals surface area contributed by atoms with Gasteiger partial charge in [-0.25, -0.2) is 24.9 Å². The van der Waals surface area contributed by atoms with Gasteiger partial charge in [0.15, 0.2) is 0 Å². The van der Waals surface area contributed by atoms with E-state index in [1.807, 2.05) is 22.7 Å². The van der Waals surface area contributed by atoms with Crippen LogP contribution < -0.4 is 9.80 Å². The molecule has 1 amide bonds. The smallest absolute Gasteiger partial charge is 0.274 e. The molecule has 10 nitrogen and oxygen atoms in total. The van der Waals surface area contributed by atoms with Gasteiger partial charge in [-0.3, -0.25) is 9.36 Å². The monoisotopic (exact) mass is 437 g/mol. The normalized spacial score (nSPS) is 17.1. The molecule has 0 radical (unpaired) electrons. The maximum Gasteiger partial charge on any atom is 0.274 e. The van der Waals surface area contributed by atoms with Gasteiger partial charge in [0.05, 0.1) is 0 Å². The van der Waals surface area contributed by atoms with Crippen LogP contribution in [0.15, 0.2) is 43.4 Å². The lowest BCUT2D eigenvalue weighted by Crippen LogP contribution is -2.49. The number of amides is 1. The maximum absolute atomic E-state index is 13.0. The van der Waals surface area contributed by atoms with Crippen LogP contribution in [0, 0.1) is 0 Å². The molecule has 0 aromatic carbocycles. The maximum atomic E-state index is 13.0. The molecule has 2 aliphatic rings. The third-order valence-electron chi connectivity index (χ3n) is 5.44. The van der Waals surface area contributed by atoms with E-state index < -0.39 is 0 Å². The van der Waals surface area contributed by atoms with Gasteiger partial charge < -0.3 is 14.7 Å². The first-order chi connectivity index (χ1) is 15.3. The molecular weight excluding hydrogens is 414 g/mol. The van der Waals surface area contributed by atoms with E-state index in [0.29, 0.717) is 43.6 Å². The van der Waals surface area contributed by atoms with Gasteiger partial charge in [-0.1, -0.05) is 0 Å². The minimum Gasteiger partial charge on any atom is -0.355 e. The zero-order valence-corrected chi connectivity index (χ0v) is 17.9. The van der Waals surface area contributed by atoms with Gasteiger partial charge in [0, 0.05) is 75.4 Å². The highest BCUT2D eigenvalue weighted by Gasteiger charge is 2.25. The number of aromatic nitrogens is 6. The van der Waals surface area contributed by atoms with Gasteiger partial charge in [-0.05, 0) is 6.07 Å². The molecule has 0 bridgehead atoms. The number of hydrogen-bond acceptors (Lipinski definition) is 9. The number of rotatable bonds is 4. The Balaban J connectivity index is 1.25. The fourth-order valence-corrected chi connectivity index (χ4v) is 4.63. The molecule has 11 heteroatoms. The number of carbonyl (C=O) groups excluding carboxylic acids is 1. The van der Waals surface area contributed by atoms with Crippen molar-refractivity contribution in [1.29, 1.82) is 0 Å². The van der Waals surface area contributed by atoms with E-state index in [-0.39, 0.29) is 5.91 Å². The summed E-state index contributed by atoms with van der Waals surface area (Å²) in [6, 6.07) is 3.75. The van der Waals surface area contributed by atoms with Crippen LogP contribution in [0.5, 0.6) is 0 Å². The molecule has 2 aliphatic heterocycles. The Hall–Kier alpha value is -3.21. The highest BCUT2D eigenvalue weighted by atomic mass is 32.2. The number of hydrogen-bond donors (Lipinski definition) is 0. The van der Waals surface area contributed by atoms with E-state index in [2.05, 4.69) is 34.7 Å².